The number of rotatable bonds is 6. The predicted octanol–water partition coefficient (Wildman–Crippen LogP) is 3.48. The minimum atomic E-state index is 0.0632. The number of carbonyl (C=O) groups excluding carboxylic acids is 1. The molecule has 0 aromatic carbocycles. The number of thiazole rings is 1. The van der Waals surface area contributed by atoms with Crippen molar-refractivity contribution < 1.29 is 4.79 Å². The first-order valence-corrected chi connectivity index (χ1v) is 8.79. The number of amides is 1. The van der Waals surface area contributed by atoms with Crippen molar-refractivity contribution in [1.82, 2.24) is 14.9 Å². The van der Waals surface area contributed by atoms with Crippen LogP contribution in [0.25, 0.3) is 0 Å². The Morgan fingerprint density at radius 3 is 2.68 bits per heavy atom. The lowest BCUT2D eigenvalue weighted by Gasteiger charge is -2.22. The zero-order chi connectivity index (χ0) is 15.2. The van der Waals surface area contributed by atoms with E-state index in [0.29, 0.717) is 13.1 Å². The van der Waals surface area contributed by atoms with Crippen LogP contribution < -0.4 is 0 Å². The summed E-state index contributed by atoms with van der Waals surface area (Å²) in [6.45, 7) is 1.24. The number of aromatic nitrogens is 2. The largest absolute Gasteiger partial charge is 0.334 e. The van der Waals surface area contributed by atoms with E-state index in [1.165, 1.54) is 11.3 Å². The molecule has 0 unspecified atom stereocenters. The molecule has 0 spiro atoms. The number of carbonyl (C=O) groups is 1. The molecule has 0 atom stereocenters. The summed E-state index contributed by atoms with van der Waals surface area (Å²) >= 11 is 3.12. The van der Waals surface area contributed by atoms with Crippen molar-refractivity contribution in [3.63, 3.8) is 0 Å². The molecule has 0 fully saturated rings. The molecule has 4 nitrogen and oxygen atoms in total. The average Bonchev–Trinajstić information content (AvgIpc) is 3.25. The smallest absolute Gasteiger partial charge is 0.255 e. The van der Waals surface area contributed by atoms with Crippen molar-refractivity contribution in [3.05, 3.63) is 69.1 Å². The maximum absolute atomic E-state index is 12.7. The van der Waals surface area contributed by atoms with Crippen molar-refractivity contribution in [2.75, 3.05) is 6.54 Å². The van der Waals surface area contributed by atoms with E-state index in [0.717, 1.165) is 23.2 Å². The fraction of sp³-hybridized carbons (Fsp3) is 0.188. The van der Waals surface area contributed by atoms with Gasteiger partial charge in [0.15, 0.2) is 0 Å². The summed E-state index contributed by atoms with van der Waals surface area (Å²) in [7, 11) is 0. The van der Waals surface area contributed by atoms with Crippen LogP contribution in [0.15, 0.2) is 52.2 Å². The molecule has 3 aromatic rings. The molecule has 0 radical (unpaired) electrons. The van der Waals surface area contributed by atoms with Crippen molar-refractivity contribution >= 4 is 28.6 Å². The summed E-state index contributed by atoms with van der Waals surface area (Å²) in [5.74, 6) is 0.0632. The zero-order valence-electron chi connectivity index (χ0n) is 11.9. The fourth-order valence-electron chi connectivity index (χ4n) is 2.14. The van der Waals surface area contributed by atoms with Gasteiger partial charge < -0.3 is 4.90 Å². The number of hydrogen-bond acceptors (Lipinski definition) is 5. The molecule has 3 heterocycles. The molecule has 3 rings (SSSR count). The standard InChI is InChI=1S/C16H15N3OS2/c20-16(14-4-8-21-10-14)19(7-3-15-11-22-12-18-15)9-13-1-5-17-6-2-13/h1-2,4-6,8,10-12H,3,7,9H2. The van der Waals surface area contributed by atoms with Gasteiger partial charge in [-0.05, 0) is 29.1 Å². The summed E-state index contributed by atoms with van der Waals surface area (Å²) in [5, 5.41) is 5.85. The minimum Gasteiger partial charge on any atom is -0.334 e. The van der Waals surface area contributed by atoms with Crippen molar-refractivity contribution in [1.29, 1.82) is 0 Å². The predicted molar refractivity (Wildman–Crippen MR) is 89.1 cm³/mol. The molecule has 22 heavy (non-hydrogen) atoms. The Labute approximate surface area is 137 Å². The summed E-state index contributed by atoms with van der Waals surface area (Å²) in [4.78, 5) is 22.9. The van der Waals surface area contributed by atoms with E-state index >= 15 is 0 Å². The number of hydrogen-bond donors (Lipinski definition) is 0. The van der Waals surface area contributed by atoms with Crippen LogP contribution in [0.3, 0.4) is 0 Å². The van der Waals surface area contributed by atoms with Gasteiger partial charge in [-0.1, -0.05) is 0 Å². The van der Waals surface area contributed by atoms with E-state index in [9.17, 15) is 4.79 Å². The first-order chi connectivity index (χ1) is 10.8. The highest BCUT2D eigenvalue weighted by molar-refractivity contribution is 7.08. The second kappa shape index (κ2) is 7.29. The van der Waals surface area contributed by atoms with Crippen LogP contribution in [-0.4, -0.2) is 27.3 Å². The molecule has 0 saturated carbocycles. The fourth-order valence-corrected chi connectivity index (χ4v) is 3.36. The Morgan fingerprint density at radius 1 is 1.14 bits per heavy atom. The van der Waals surface area contributed by atoms with E-state index < -0.39 is 0 Å². The summed E-state index contributed by atoms with van der Waals surface area (Å²) in [6.07, 6.45) is 4.27. The van der Waals surface area contributed by atoms with Crippen molar-refractivity contribution in [2.24, 2.45) is 0 Å². The first-order valence-electron chi connectivity index (χ1n) is 6.90. The molecule has 0 aliphatic carbocycles. The first kappa shape index (κ1) is 14.9. The summed E-state index contributed by atoms with van der Waals surface area (Å²) < 4.78 is 0. The zero-order valence-corrected chi connectivity index (χ0v) is 13.5. The summed E-state index contributed by atoms with van der Waals surface area (Å²) in [5.41, 5.74) is 4.68. The lowest BCUT2D eigenvalue weighted by atomic mass is 10.2. The molecule has 0 aliphatic rings. The normalized spacial score (nSPS) is 10.5. The Bertz CT molecular complexity index is 696. The van der Waals surface area contributed by atoms with Gasteiger partial charge in [-0.3, -0.25) is 9.78 Å². The van der Waals surface area contributed by atoms with Gasteiger partial charge >= 0.3 is 0 Å². The quantitative estimate of drug-likeness (QED) is 0.695. The molecular weight excluding hydrogens is 314 g/mol. The highest BCUT2D eigenvalue weighted by atomic mass is 32.1. The maximum atomic E-state index is 12.7. The minimum absolute atomic E-state index is 0.0632. The average molecular weight is 329 g/mol. The van der Waals surface area contributed by atoms with Gasteiger partial charge in [-0.15, -0.1) is 11.3 Å². The Balaban J connectivity index is 1.74. The van der Waals surface area contributed by atoms with Gasteiger partial charge in [0, 0.05) is 42.7 Å². The van der Waals surface area contributed by atoms with Crippen LogP contribution >= 0.6 is 22.7 Å². The van der Waals surface area contributed by atoms with Crippen LogP contribution in [0.2, 0.25) is 0 Å². The second-order valence-electron chi connectivity index (χ2n) is 4.82. The van der Waals surface area contributed by atoms with Crippen LogP contribution in [0.5, 0.6) is 0 Å². The van der Waals surface area contributed by atoms with Crippen molar-refractivity contribution in [2.45, 2.75) is 13.0 Å². The molecule has 112 valence electrons. The van der Waals surface area contributed by atoms with Gasteiger partial charge in [0.25, 0.3) is 5.91 Å². The second-order valence-corrected chi connectivity index (χ2v) is 6.32. The molecule has 0 N–H and O–H groups in total. The highest BCUT2D eigenvalue weighted by Crippen LogP contribution is 2.14. The Kier molecular flexibility index (Phi) is 4.92. The Hall–Kier alpha value is -2.05. The van der Waals surface area contributed by atoms with Crippen LogP contribution in [0.4, 0.5) is 0 Å². The lowest BCUT2D eigenvalue weighted by molar-refractivity contribution is 0.0745. The molecule has 0 bridgehead atoms. The topological polar surface area (TPSA) is 46.1 Å². The number of thiophene rings is 1. The van der Waals surface area contributed by atoms with E-state index in [4.69, 9.17) is 0 Å². The van der Waals surface area contributed by atoms with E-state index in [2.05, 4.69) is 9.97 Å². The van der Waals surface area contributed by atoms with Crippen LogP contribution in [0.1, 0.15) is 21.6 Å². The molecule has 0 saturated heterocycles. The van der Waals surface area contributed by atoms with Gasteiger partial charge in [-0.25, -0.2) is 4.98 Å². The van der Waals surface area contributed by atoms with Gasteiger partial charge in [0.05, 0.1) is 16.8 Å². The van der Waals surface area contributed by atoms with Crippen molar-refractivity contribution in [3.8, 4) is 0 Å². The molecular formula is C16H15N3OS2. The SMILES string of the molecule is O=C(c1ccsc1)N(CCc1cscn1)Cc1ccncc1. The van der Waals surface area contributed by atoms with Gasteiger partial charge in [0.2, 0.25) is 0 Å². The molecule has 6 heteroatoms. The lowest BCUT2D eigenvalue weighted by Crippen LogP contribution is -2.32. The van der Waals surface area contributed by atoms with Crippen LogP contribution in [-0.2, 0) is 13.0 Å². The highest BCUT2D eigenvalue weighted by Gasteiger charge is 2.16. The maximum Gasteiger partial charge on any atom is 0.255 e. The molecule has 0 aliphatic heterocycles. The summed E-state index contributed by atoms with van der Waals surface area (Å²) in [6, 6.07) is 5.75. The third kappa shape index (κ3) is 3.78. The van der Waals surface area contributed by atoms with E-state index in [-0.39, 0.29) is 5.91 Å². The molecule has 1 amide bonds. The van der Waals surface area contributed by atoms with Gasteiger partial charge in [0.1, 0.15) is 0 Å². The monoisotopic (exact) mass is 329 g/mol. The van der Waals surface area contributed by atoms with Gasteiger partial charge in [-0.2, -0.15) is 11.3 Å². The van der Waals surface area contributed by atoms with Crippen LogP contribution in [0, 0.1) is 0 Å². The Morgan fingerprint density at radius 2 is 2.00 bits per heavy atom. The third-order valence-electron chi connectivity index (χ3n) is 3.30. The number of nitrogens with zero attached hydrogens (tertiary/aromatic N) is 3. The van der Waals surface area contributed by atoms with E-state index in [1.807, 2.05) is 44.7 Å². The number of pyridine rings is 1. The third-order valence-corrected chi connectivity index (χ3v) is 4.62. The molecule has 3 aromatic heterocycles. The van der Waals surface area contributed by atoms with E-state index in [1.54, 1.807) is 23.7 Å².